The molecule has 1 aliphatic rings. The Bertz CT molecular complexity index is 773. The molecule has 1 heterocycles. The van der Waals surface area contributed by atoms with Gasteiger partial charge in [0, 0.05) is 37.4 Å². The van der Waals surface area contributed by atoms with Gasteiger partial charge >= 0.3 is 0 Å². The predicted octanol–water partition coefficient (Wildman–Crippen LogP) is 3.86. The summed E-state index contributed by atoms with van der Waals surface area (Å²) in [5.74, 6) is -2.85. The van der Waals surface area contributed by atoms with Crippen LogP contribution < -0.4 is 10.1 Å². The smallest absolute Gasteiger partial charge is 0.251 e. The number of benzene rings is 1. The van der Waals surface area contributed by atoms with Gasteiger partial charge in [0.15, 0.2) is 0 Å². The summed E-state index contributed by atoms with van der Waals surface area (Å²) in [7, 11) is 3.28. The minimum absolute atomic E-state index is 0.128. The maximum Gasteiger partial charge on any atom is 0.251 e. The minimum atomic E-state index is -2.74. The number of carbonyl (C=O) groups excluding carboxylic acids is 1. The number of aromatic nitrogens is 2. The molecule has 7 heteroatoms. The van der Waals surface area contributed by atoms with Gasteiger partial charge in [0.2, 0.25) is 5.91 Å². The summed E-state index contributed by atoms with van der Waals surface area (Å²) in [5, 5.41) is 7.06. The highest BCUT2D eigenvalue weighted by atomic mass is 19.3. The quantitative estimate of drug-likeness (QED) is 0.892. The number of hydrogen-bond acceptors (Lipinski definition) is 3. The van der Waals surface area contributed by atoms with Gasteiger partial charge in [-0.25, -0.2) is 8.78 Å². The first-order chi connectivity index (χ1) is 11.9. The molecule has 1 aromatic carbocycles. The van der Waals surface area contributed by atoms with E-state index in [1.54, 1.807) is 20.2 Å². The molecule has 1 aliphatic carbocycles. The van der Waals surface area contributed by atoms with Gasteiger partial charge in [-0.1, -0.05) is 12.1 Å². The van der Waals surface area contributed by atoms with Crippen LogP contribution in [0.25, 0.3) is 11.3 Å². The Morgan fingerprint density at radius 2 is 2.24 bits per heavy atom. The number of nitrogens with one attached hydrogen (secondary N) is 1. The summed E-state index contributed by atoms with van der Waals surface area (Å²) < 4.78 is 34.1. The molecule has 0 saturated heterocycles. The average Bonchev–Trinajstić information content (AvgIpc) is 3.10. The van der Waals surface area contributed by atoms with Gasteiger partial charge in [-0.3, -0.25) is 9.48 Å². The van der Waals surface area contributed by atoms with Gasteiger partial charge in [0.05, 0.1) is 12.8 Å². The van der Waals surface area contributed by atoms with Crippen molar-refractivity contribution in [3.05, 3.63) is 30.3 Å². The van der Waals surface area contributed by atoms with Crippen LogP contribution >= 0.6 is 0 Å². The second kappa shape index (κ2) is 6.82. The van der Waals surface area contributed by atoms with Crippen molar-refractivity contribution in [2.24, 2.45) is 13.0 Å². The van der Waals surface area contributed by atoms with Crippen molar-refractivity contribution >= 4 is 11.7 Å². The number of ether oxygens (including phenoxy) is 1. The number of anilines is 1. The number of rotatable bonds is 5. The molecule has 1 atom stereocenters. The highest BCUT2D eigenvalue weighted by Gasteiger charge is 2.44. The lowest BCUT2D eigenvalue weighted by Crippen LogP contribution is -2.27. The van der Waals surface area contributed by atoms with Gasteiger partial charge < -0.3 is 10.1 Å². The van der Waals surface area contributed by atoms with Crippen LogP contribution in [0.4, 0.5) is 14.6 Å². The van der Waals surface area contributed by atoms with E-state index >= 15 is 0 Å². The maximum absolute atomic E-state index is 13.7. The van der Waals surface area contributed by atoms with Gasteiger partial charge in [-0.05, 0) is 25.0 Å². The zero-order chi connectivity index (χ0) is 18.0. The predicted molar refractivity (Wildman–Crippen MR) is 90.7 cm³/mol. The molecule has 0 aliphatic heterocycles. The van der Waals surface area contributed by atoms with E-state index in [1.807, 2.05) is 24.3 Å². The fraction of sp³-hybridized carbons (Fsp3) is 0.444. The Morgan fingerprint density at radius 1 is 1.44 bits per heavy atom. The molecule has 1 unspecified atom stereocenters. The molecule has 1 aromatic heterocycles. The SMILES string of the molecule is COc1cccc(-c2cc(NC(=O)CC3CCCC3(F)F)n(C)n2)c1. The lowest BCUT2D eigenvalue weighted by molar-refractivity contribution is -0.120. The number of alkyl halides is 2. The lowest BCUT2D eigenvalue weighted by atomic mass is 10.0. The van der Waals surface area contributed by atoms with Crippen LogP contribution in [-0.2, 0) is 11.8 Å². The first-order valence-corrected chi connectivity index (χ1v) is 8.25. The van der Waals surface area contributed by atoms with Crippen LogP contribution in [0.15, 0.2) is 30.3 Å². The lowest BCUT2D eigenvalue weighted by Gasteiger charge is -2.18. The standard InChI is InChI=1S/C18H21F2N3O2/c1-23-16(21-17(24)10-13-6-4-8-18(13,19)20)11-15(22-23)12-5-3-7-14(9-12)25-2/h3,5,7,9,11,13H,4,6,8,10H2,1-2H3,(H,21,24). The fourth-order valence-corrected chi connectivity index (χ4v) is 3.18. The Morgan fingerprint density at radius 3 is 2.92 bits per heavy atom. The van der Waals surface area contributed by atoms with Crippen molar-refractivity contribution in [3.8, 4) is 17.0 Å². The topological polar surface area (TPSA) is 56.1 Å². The summed E-state index contributed by atoms with van der Waals surface area (Å²) in [6.45, 7) is 0. The number of carbonyl (C=O) groups is 1. The van der Waals surface area contributed by atoms with Crippen molar-refractivity contribution in [1.82, 2.24) is 9.78 Å². The molecule has 2 aromatic rings. The summed E-state index contributed by atoms with van der Waals surface area (Å²) in [6, 6.07) is 9.13. The van der Waals surface area contributed by atoms with Gasteiger partial charge in [0.1, 0.15) is 11.6 Å². The molecule has 1 amide bonds. The van der Waals surface area contributed by atoms with Crippen LogP contribution in [-0.4, -0.2) is 28.7 Å². The van der Waals surface area contributed by atoms with Crippen LogP contribution in [0.1, 0.15) is 25.7 Å². The molecule has 0 radical (unpaired) electrons. The minimum Gasteiger partial charge on any atom is -0.497 e. The van der Waals surface area contributed by atoms with Crippen molar-refractivity contribution in [2.45, 2.75) is 31.6 Å². The molecule has 134 valence electrons. The van der Waals surface area contributed by atoms with E-state index < -0.39 is 17.7 Å². The first-order valence-electron chi connectivity index (χ1n) is 8.25. The highest BCUT2D eigenvalue weighted by molar-refractivity contribution is 5.90. The molecule has 1 saturated carbocycles. The van der Waals surface area contributed by atoms with E-state index in [9.17, 15) is 13.6 Å². The number of nitrogens with zero attached hydrogens (tertiary/aromatic N) is 2. The maximum atomic E-state index is 13.7. The van der Waals surface area contributed by atoms with E-state index in [0.717, 1.165) is 5.56 Å². The Labute approximate surface area is 145 Å². The molecule has 1 fully saturated rings. The van der Waals surface area contributed by atoms with Crippen LogP contribution in [0.5, 0.6) is 5.75 Å². The Kier molecular flexibility index (Phi) is 4.74. The average molecular weight is 349 g/mol. The van der Waals surface area contributed by atoms with E-state index in [0.29, 0.717) is 30.1 Å². The third-order valence-corrected chi connectivity index (χ3v) is 4.60. The Balaban J connectivity index is 1.71. The van der Waals surface area contributed by atoms with Crippen LogP contribution in [0, 0.1) is 5.92 Å². The third-order valence-electron chi connectivity index (χ3n) is 4.60. The molecular weight excluding hydrogens is 328 g/mol. The third kappa shape index (κ3) is 3.81. The normalized spacial score (nSPS) is 19.0. The zero-order valence-corrected chi connectivity index (χ0v) is 14.3. The number of halogens is 2. The largest absolute Gasteiger partial charge is 0.497 e. The first kappa shape index (κ1) is 17.4. The van der Waals surface area contributed by atoms with Crippen LogP contribution in [0.2, 0.25) is 0 Å². The number of hydrogen-bond donors (Lipinski definition) is 1. The summed E-state index contributed by atoms with van der Waals surface area (Å²) in [6.07, 6.45) is 0.556. The van der Waals surface area contributed by atoms with Gasteiger partial charge in [-0.15, -0.1) is 0 Å². The van der Waals surface area contributed by atoms with Crippen molar-refractivity contribution < 1.29 is 18.3 Å². The van der Waals surface area contributed by atoms with E-state index in [1.165, 1.54) is 4.68 Å². The summed E-state index contributed by atoms with van der Waals surface area (Å²) >= 11 is 0. The van der Waals surface area contributed by atoms with Crippen molar-refractivity contribution in [2.75, 3.05) is 12.4 Å². The Hall–Kier alpha value is -2.44. The fourth-order valence-electron chi connectivity index (χ4n) is 3.18. The molecule has 3 rings (SSSR count). The van der Waals surface area contributed by atoms with Crippen molar-refractivity contribution in [3.63, 3.8) is 0 Å². The van der Waals surface area contributed by atoms with Crippen LogP contribution in [0.3, 0.4) is 0 Å². The summed E-state index contributed by atoms with van der Waals surface area (Å²) in [4.78, 5) is 12.1. The monoisotopic (exact) mass is 349 g/mol. The molecule has 25 heavy (non-hydrogen) atoms. The van der Waals surface area contributed by atoms with E-state index in [4.69, 9.17) is 4.74 Å². The highest BCUT2D eigenvalue weighted by Crippen LogP contribution is 2.42. The zero-order valence-electron chi connectivity index (χ0n) is 14.3. The molecule has 1 N–H and O–H groups in total. The summed E-state index contributed by atoms with van der Waals surface area (Å²) in [5.41, 5.74) is 1.51. The van der Waals surface area contributed by atoms with E-state index in [-0.39, 0.29) is 12.8 Å². The molecule has 0 bridgehead atoms. The second-order valence-electron chi connectivity index (χ2n) is 6.37. The molecular formula is C18H21F2N3O2. The van der Waals surface area contributed by atoms with Gasteiger partial charge in [-0.2, -0.15) is 5.10 Å². The number of amides is 1. The number of aryl methyl sites for hydroxylation is 1. The number of methoxy groups -OCH3 is 1. The molecule has 0 spiro atoms. The molecule has 5 nitrogen and oxygen atoms in total. The second-order valence-corrected chi connectivity index (χ2v) is 6.37. The van der Waals surface area contributed by atoms with Gasteiger partial charge in [0.25, 0.3) is 5.92 Å². The van der Waals surface area contributed by atoms with Crippen molar-refractivity contribution in [1.29, 1.82) is 0 Å². The van der Waals surface area contributed by atoms with E-state index in [2.05, 4.69) is 10.4 Å².